The van der Waals surface area contributed by atoms with E-state index in [0.717, 1.165) is 36.6 Å². The molecule has 2 aliphatic rings. The molecule has 4 rings (SSSR count). The van der Waals surface area contributed by atoms with Gasteiger partial charge in [0.1, 0.15) is 6.04 Å². The van der Waals surface area contributed by atoms with E-state index >= 15 is 0 Å². The van der Waals surface area contributed by atoms with E-state index in [2.05, 4.69) is 4.98 Å². The first-order chi connectivity index (χ1) is 11.2. The number of nitrogens with zero attached hydrogens (tertiary/aromatic N) is 1. The molecule has 2 N–H and O–H groups in total. The van der Waals surface area contributed by atoms with Gasteiger partial charge in [0.25, 0.3) is 5.91 Å². The van der Waals surface area contributed by atoms with Crippen molar-refractivity contribution in [2.45, 2.75) is 44.2 Å². The van der Waals surface area contributed by atoms with Crippen LogP contribution in [0.5, 0.6) is 0 Å². The summed E-state index contributed by atoms with van der Waals surface area (Å²) in [5.41, 5.74) is 1.50. The summed E-state index contributed by atoms with van der Waals surface area (Å²) in [5, 5.41) is 10.5. The maximum atomic E-state index is 13.2. The van der Waals surface area contributed by atoms with Gasteiger partial charge >= 0.3 is 5.97 Å². The summed E-state index contributed by atoms with van der Waals surface area (Å²) in [6, 6.07) is 6.83. The SMILES string of the molecule is O=C(O)C1CC2CCCCC2N1C(=O)c1cccc2[nH]ccc12. The molecule has 3 unspecified atom stereocenters. The number of carboxylic acids is 1. The zero-order valence-electron chi connectivity index (χ0n) is 12.9. The number of hydrogen-bond acceptors (Lipinski definition) is 2. The highest BCUT2D eigenvalue weighted by atomic mass is 16.4. The molecule has 5 nitrogen and oxygen atoms in total. The molecule has 2 aromatic rings. The van der Waals surface area contributed by atoms with Crippen molar-refractivity contribution in [2.75, 3.05) is 0 Å². The van der Waals surface area contributed by atoms with Crippen molar-refractivity contribution in [2.24, 2.45) is 5.92 Å². The maximum absolute atomic E-state index is 13.2. The lowest BCUT2D eigenvalue weighted by Crippen LogP contribution is -2.46. The maximum Gasteiger partial charge on any atom is 0.326 e. The summed E-state index contributed by atoms with van der Waals surface area (Å²) in [7, 11) is 0. The van der Waals surface area contributed by atoms with Crippen LogP contribution in [-0.2, 0) is 4.79 Å². The van der Waals surface area contributed by atoms with E-state index in [4.69, 9.17) is 0 Å². The normalized spacial score (nSPS) is 27.1. The van der Waals surface area contributed by atoms with Gasteiger partial charge in [0.05, 0.1) is 0 Å². The van der Waals surface area contributed by atoms with E-state index < -0.39 is 12.0 Å². The number of aromatic amines is 1. The molecule has 23 heavy (non-hydrogen) atoms. The number of likely N-dealkylation sites (tertiary alicyclic amines) is 1. The van der Waals surface area contributed by atoms with Crippen LogP contribution in [0.1, 0.15) is 42.5 Å². The third-order valence-corrected chi connectivity index (χ3v) is 5.43. The number of H-pyrrole nitrogens is 1. The fourth-order valence-corrected chi connectivity index (χ4v) is 4.38. The van der Waals surface area contributed by atoms with Crippen molar-refractivity contribution in [3.05, 3.63) is 36.0 Å². The Morgan fingerprint density at radius 1 is 1.17 bits per heavy atom. The molecule has 1 amide bonds. The molecule has 1 aliphatic heterocycles. The highest BCUT2D eigenvalue weighted by Gasteiger charge is 2.47. The summed E-state index contributed by atoms with van der Waals surface area (Å²) < 4.78 is 0. The van der Waals surface area contributed by atoms with Gasteiger partial charge in [-0.3, -0.25) is 4.79 Å². The Hall–Kier alpha value is -2.30. The average molecular weight is 312 g/mol. The Kier molecular flexibility index (Phi) is 3.36. The van der Waals surface area contributed by atoms with Crippen molar-refractivity contribution < 1.29 is 14.7 Å². The van der Waals surface area contributed by atoms with E-state index in [1.165, 1.54) is 0 Å². The van der Waals surface area contributed by atoms with E-state index in [1.54, 1.807) is 11.0 Å². The Bertz CT molecular complexity index is 766. The molecule has 1 aromatic heterocycles. The van der Waals surface area contributed by atoms with Gasteiger partial charge < -0.3 is 15.0 Å². The lowest BCUT2D eigenvalue weighted by atomic mass is 9.84. The van der Waals surface area contributed by atoms with Crippen LogP contribution in [0.2, 0.25) is 0 Å². The molecule has 1 aliphatic carbocycles. The second-order valence-electron chi connectivity index (χ2n) is 6.66. The number of benzene rings is 1. The van der Waals surface area contributed by atoms with Gasteiger partial charge in [0.2, 0.25) is 0 Å². The van der Waals surface area contributed by atoms with Crippen LogP contribution in [0, 0.1) is 5.92 Å². The first-order valence-electron chi connectivity index (χ1n) is 8.28. The van der Waals surface area contributed by atoms with Crippen LogP contribution < -0.4 is 0 Å². The van der Waals surface area contributed by atoms with Gasteiger partial charge in [-0.05, 0) is 43.4 Å². The summed E-state index contributed by atoms with van der Waals surface area (Å²) in [5.74, 6) is -0.690. The zero-order chi connectivity index (χ0) is 16.0. The second-order valence-corrected chi connectivity index (χ2v) is 6.66. The number of carboxylic acid groups (broad SMARTS) is 1. The number of aliphatic carboxylic acids is 1. The summed E-state index contributed by atoms with van der Waals surface area (Å²) in [6.45, 7) is 0. The molecule has 1 aromatic carbocycles. The van der Waals surface area contributed by atoms with Crippen molar-refractivity contribution in [1.82, 2.24) is 9.88 Å². The quantitative estimate of drug-likeness (QED) is 0.895. The Balaban J connectivity index is 1.75. The number of amides is 1. The summed E-state index contributed by atoms with van der Waals surface area (Å²) >= 11 is 0. The van der Waals surface area contributed by atoms with Crippen LogP contribution in [0.25, 0.3) is 10.9 Å². The van der Waals surface area contributed by atoms with Gasteiger partial charge in [-0.1, -0.05) is 18.9 Å². The standard InChI is InChI=1S/C18H20N2O3/c21-17(13-5-3-6-14-12(13)8-9-19-14)20-15-7-2-1-4-11(15)10-16(20)18(22)23/h3,5-6,8-9,11,15-16,19H,1-2,4,7,10H2,(H,22,23). The zero-order valence-corrected chi connectivity index (χ0v) is 12.9. The predicted octanol–water partition coefficient (Wildman–Crippen LogP) is 3.03. The monoisotopic (exact) mass is 312 g/mol. The molecule has 0 bridgehead atoms. The van der Waals surface area contributed by atoms with Gasteiger partial charge in [0, 0.05) is 28.7 Å². The van der Waals surface area contributed by atoms with E-state index in [9.17, 15) is 14.7 Å². The second kappa shape index (κ2) is 5.41. The first-order valence-corrected chi connectivity index (χ1v) is 8.28. The minimum atomic E-state index is -0.881. The highest BCUT2D eigenvalue weighted by molar-refractivity contribution is 6.07. The average Bonchev–Trinajstić information content (AvgIpc) is 3.18. The molecule has 2 fully saturated rings. The number of fused-ring (bicyclic) bond motifs is 2. The fourth-order valence-electron chi connectivity index (χ4n) is 4.38. The minimum Gasteiger partial charge on any atom is -0.480 e. The van der Waals surface area contributed by atoms with Crippen LogP contribution in [-0.4, -0.2) is 39.0 Å². The molecular weight excluding hydrogens is 292 g/mol. The molecule has 1 saturated carbocycles. The molecule has 1 saturated heterocycles. The molecular formula is C18H20N2O3. The summed E-state index contributed by atoms with van der Waals surface area (Å²) in [4.78, 5) is 29.7. The Labute approximate surface area is 134 Å². The van der Waals surface area contributed by atoms with Gasteiger partial charge in [-0.2, -0.15) is 0 Å². The smallest absolute Gasteiger partial charge is 0.326 e. The third-order valence-electron chi connectivity index (χ3n) is 5.43. The molecule has 0 spiro atoms. The van der Waals surface area contributed by atoms with Crippen molar-refractivity contribution >= 4 is 22.8 Å². The van der Waals surface area contributed by atoms with E-state index in [-0.39, 0.29) is 11.9 Å². The van der Waals surface area contributed by atoms with Crippen molar-refractivity contribution in [3.63, 3.8) is 0 Å². The topological polar surface area (TPSA) is 73.4 Å². The van der Waals surface area contributed by atoms with E-state index in [0.29, 0.717) is 17.9 Å². The minimum absolute atomic E-state index is 0.0755. The molecule has 0 radical (unpaired) electrons. The third kappa shape index (κ3) is 2.22. The molecule has 120 valence electrons. The fraction of sp³-hybridized carbons (Fsp3) is 0.444. The van der Waals surface area contributed by atoms with Gasteiger partial charge in [0.15, 0.2) is 0 Å². The molecule has 3 atom stereocenters. The van der Waals surface area contributed by atoms with Crippen LogP contribution in [0.4, 0.5) is 0 Å². The summed E-state index contributed by atoms with van der Waals surface area (Å²) in [6.07, 6.45) is 6.57. The number of hydrogen-bond donors (Lipinski definition) is 2. The Morgan fingerprint density at radius 2 is 2.00 bits per heavy atom. The predicted molar refractivity (Wildman–Crippen MR) is 86.3 cm³/mol. The first kappa shape index (κ1) is 14.3. The number of rotatable bonds is 2. The van der Waals surface area contributed by atoms with E-state index in [1.807, 2.05) is 24.4 Å². The largest absolute Gasteiger partial charge is 0.480 e. The van der Waals surface area contributed by atoms with Crippen LogP contribution >= 0.6 is 0 Å². The lowest BCUT2D eigenvalue weighted by molar-refractivity contribution is -0.141. The number of nitrogens with one attached hydrogen (secondary N) is 1. The number of carbonyl (C=O) groups excluding carboxylic acids is 1. The van der Waals surface area contributed by atoms with Crippen LogP contribution in [0.3, 0.4) is 0 Å². The number of carbonyl (C=O) groups is 2. The van der Waals surface area contributed by atoms with Crippen molar-refractivity contribution in [3.8, 4) is 0 Å². The lowest BCUT2D eigenvalue weighted by Gasteiger charge is -2.33. The van der Waals surface area contributed by atoms with Crippen LogP contribution in [0.15, 0.2) is 30.5 Å². The highest BCUT2D eigenvalue weighted by Crippen LogP contribution is 2.41. The number of aromatic nitrogens is 1. The molecule has 5 heteroatoms. The molecule has 2 heterocycles. The van der Waals surface area contributed by atoms with Gasteiger partial charge in [-0.15, -0.1) is 0 Å². The Morgan fingerprint density at radius 3 is 2.83 bits per heavy atom. The van der Waals surface area contributed by atoms with Gasteiger partial charge in [-0.25, -0.2) is 4.79 Å². The van der Waals surface area contributed by atoms with Crippen molar-refractivity contribution in [1.29, 1.82) is 0 Å².